The van der Waals surface area contributed by atoms with E-state index in [-0.39, 0.29) is 17.3 Å². The van der Waals surface area contributed by atoms with Gasteiger partial charge >= 0.3 is 0 Å². The summed E-state index contributed by atoms with van der Waals surface area (Å²) >= 11 is 0. The number of nitrogens with one attached hydrogen (secondary N) is 3. The number of sulfonamides is 1. The van der Waals surface area contributed by atoms with Crippen LogP contribution in [0.4, 0.5) is 5.69 Å². The third-order valence-corrected chi connectivity index (χ3v) is 6.33. The summed E-state index contributed by atoms with van der Waals surface area (Å²) < 4.78 is 32.6. The second kappa shape index (κ2) is 8.89. The Morgan fingerprint density at radius 3 is 2.61 bits per heavy atom. The van der Waals surface area contributed by atoms with Crippen LogP contribution in [0.15, 0.2) is 52.0 Å². The molecule has 3 N–H and O–H groups in total. The molecule has 28 heavy (non-hydrogen) atoms. The highest BCUT2D eigenvalue weighted by molar-refractivity contribution is 7.89. The Morgan fingerprint density at radius 1 is 1.18 bits per heavy atom. The van der Waals surface area contributed by atoms with E-state index in [1.807, 2.05) is 0 Å². The maximum atomic E-state index is 12.5. The summed E-state index contributed by atoms with van der Waals surface area (Å²) in [4.78, 5) is 13.8. The molecule has 2 heterocycles. The molecule has 1 unspecified atom stereocenters. The van der Waals surface area contributed by atoms with E-state index >= 15 is 0 Å². The normalized spacial score (nSPS) is 22.7. The van der Waals surface area contributed by atoms with Crippen LogP contribution < -0.4 is 14.9 Å². The van der Waals surface area contributed by atoms with Crippen molar-refractivity contribution in [1.82, 2.24) is 4.72 Å². The lowest BCUT2D eigenvalue weighted by atomic mass is 9.92. The van der Waals surface area contributed by atoms with Gasteiger partial charge in [-0.15, -0.1) is 0 Å². The minimum atomic E-state index is -3.70. The average Bonchev–Trinajstić information content (AvgIpc) is 3.13. The van der Waals surface area contributed by atoms with Crippen molar-refractivity contribution in [3.05, 3.63) is 48.4 Å². The molecule has 1 fully saturated rings. The highest BCUT2D eigenvalue weighted by Gasteiger charge is 2.26. The molecular formula is C20H28N3O4S+. The zero-order valence-electron chi connectivity index (χ0n) is 16.3. The third-order valence-electron chi connectivity index (χ3n) is 4.93. The van der Waals surface area contributed by atoms with Crippen molar-refractivity contribution in [1.29, 1.82) is 0 Å². The molecule has 1 aliphatic rings. The molecule has 1 amide bonds. The lowest BCUT2D eigenvalue weighted by molar-refractivity contribution is -0.904. The molecule has 3 rings (SSSR count). The van der Waals surface area contributed by atoms with Crippen LogP contribution in [0.2, 0.25) is 0 Å². The molecule has 152 valence electrons. The lowest BCUT2D eigenvalue weighted by Gasteiger charge is -2.31. The topological polar surface area (TPSA) is 92.9 Å². The Bertz CT molecular complexity index is 886. The molecule has 0 bridgehead atoms. The fourth-order valence-electron chi connectivity index (χ4n) is 3.90. The number of carbonyl (C=O) groups excluding carboxylic acids is 1. The molecule has 1 aliphatic heterocycles. The van der Waals surface area contributed by atoms with Crippen LogP contribution in [0.3, 0.4) is 0 Å². The van der Waals surface area contributed by atoms with Crippen molar-refractivity contribution in [2.24, 2.45) is 11.8 Å². The van der Waals surface area contributed by atoms with E-state index in [1.54, 1.807) is 24.3 Å². The minimum absolute atomic E-state index is 0.0700. The van der Waals surface area contributed by atoms with E-state index in [0.717, 1.165) is 13.1 Å². The lowest BCUT2D eigenvalue weighted by Crippen LogP contribution is -3.15. The van der Waals surface area contributed by atoms with Crippen molar-refractivity contribution in [3.8, 4) is 0 Å². The molecule has 7 nitrogen and oxygen atoms in total. The van der Waals surface area contributed by atoms with Gasteiger partial charge in [0.15, 0.2) is 6.54 Å². The van der Waals surface area contributed by atoms with Gasteiger partial charge in [0.25, 0.3) is 5.91 Å². The summed E-state index contributed by atoms with van der Waals surface area (Å²) in [6, 6.07) is 9.68. The maximum absolute atomic E-state index is 12.5. The van der Waals surface area contributed by atoms with E-state index in [9.17, 15) is 13.2 Å². The van der Waals surface area contributed by atoms with Gasteiger partial charge in [-0.1, -0.05) is 19.9 Å². The molecule has 0 spiro atoms. The minimum Gasteiger partial charge on any atom is -0.468 e. The van der Waals surface area contributed by atoms with Crippen molar-refractivity contribution >= 4 is 21.6 Å². The summed E-state index contributed by atoms with van der Waals surface area (Å²) in [5.41, 5.74) is 0.475. The van der Waals surface area contributed by atoms with E-state index in [2.05, 4.69) is 23.9 Å². The van der Waals surface area contributed by atoms with Gasteiger partial charge in [-0.05, 0) is 36.8 Å². The summed E-state index contributed by atoms with van der Waals surface area (Å²) in [6.45, 7) is 6.88. The fourth-order valence-corrected chi connectivity index (χ4v) is 4.94. The Morgan fingerprint density at radius 2 is 1.93 bits per heavy atom. The number of piperidine rings is 1. The predicted molar refractivity (Wildman–Crippen MR) is 106 cm³/mol. The van der Waals surface area contributed by atoms with Crippen LogP contribution in [-0.2, 0) is 21.4 Å². The van der Waals surface area contributed by atoms with Crippen molar-refractivity contribution < 1.29 is 22.5 Å². The molecule has 1 saturated heterocycles. The SMILES string of the molecule is C[C@@H]1C[C@H](C)C[NH+](CC(=O)Nc2cccc(S(=O)(=O)NCc3ccco3)c2)C1. The monoisotopic (exact) mass is 406 g/mol. The first-order valence-corrected chi connectivity index (χ1v) is 11.1. The number of quaternary nitrogens is 1. The number of anilines is 1. The molecule has 0 radical (unpaired) electrons. The molecule has 0 aliphatic carbocycles. The van der Waals surface area contributed by atoms with Crippen LogP contribution in [0.1, 0.15) is 26.0 Å². The quantitative estimate of drug-likeness (QED) is 0.645. The van der Waals surface area contributed by atoms with Crippen LogP contribution >= 0.6 is 0 Å². The second-order valence-electron chi connectivity index (χ2n) is 7.76. The highest BCUT2D eigenvalue weighted by Crippen LogP contribution is 2.16. The number of furan rings is 1. The number of hydrogen-bond donors (Lipinski definition) is 3. The first-order valence-electron chi connectivity index (χ1n) is 9.57. The zero-order valence-corrected chi connectivity index (χ0v) is 17.1. The Balaban J connectivity index is 1.60. The zero-order chi connectivity index (χ0) is 20.1. The molecule has 8 heteroatoms. The van der Waals surface area contributed by atoms with Gasteiger partial charge in [0.1, 0.15) is 5.76 Å². The van der Waals surface area contributed by atoms with E-state index in [1.165, 1.54) is 29.7 Å². The first kappa shape index (κ1) is 20.6. The van der Waals surface area contributed by atoms with Gasteiger partial charge < -0.3 is 14.6 Å². The molecule has 0 saturated carbocycles. The van der Waals surface area contributed by atoms with Gasteiger partial charge in [0.05, 0.1) is 30.8 Å². The van der Waals surface area contributed by atoms with Crippen molar-refractivity contribution in [2.45, 2.75) is 31.7 Å². The molecule has 1 aromatic heterocycles. The van der Waals surface area contributed by atoms with E-state index < -0.39 is 10.0 Å². The number of hydrogen-bond acceptors (Lipinski definition) is 4. The van der Waals surface area contributed by atoms with E-state index in [4.69, 9.17) is 4.42 Å². The number of likely N-dealkylation sites (tertiary alicyclic amines) is 1. The molecule has 3 atom stereocenters. The maximum Gasteiger partial charge on any atom is 0.279 e. The molecular weight excluding hydrogens is 378 g/mol. The Hall–Kier alpha value is -2.16. The van der Waals surface area contributed by atoms with Gasteiger partial charge in [0.2, 0.25) is 10.0 Å². The van der Waals surface area contributed by atoms with Crippen LogP contribution in [0.25, 0.3) is 0 Å². The van der Waals surface area contributed by atoms with Crippen LogP contribution in [0.5, 0.6) is 0 Å². The number of carbonyl (C=O) groups is 1. The number of rotatable bonds is 7. The van der Waals surface area contributed by atoms with E-state index in [0.29, 0.717) is 29.8 Å². The second-order valence-corrected chi connectivity index (χ2v) is 9.53. The highest BCUT2D eigenvalue weighted by atomic mass is 32.2. The standard InChI is InChI=1S/C20H27N3O4S/c1-15-9-16(2)13-23(12-15)14-20(24)22-17-5-3-7-19(10-17)28(25,26)21-11-18-6-4-8-27-18/h3-8,10,15-16,21H,9,11-14H2,1-2H3,(H,22,24)/p+1/t15-,16+. The summed E-state index contributed by atoms with van der Waals surface area (Å²) in [7, 11) is -3.70. The Labute approximate surface area is 166 Å². The number of amides is 1. The Kier molecular flexibility index (Phi) is 6.53. The van der Waals surface area contributed by atoms with Crippen molar-refractivity contribution in [3.63, 3.8) is 0 Å². The largest absolute Gasteiger partial charge is 0.468 e. The summed E-state index contributed by atoms with van der Waals surface area (Å²) in [5.74, 6) is 1.65. The summed E-state index contributed by atoms with van der Waals surface area (Å²) in [5, 5.41) is 2.83. The summed E-state index contributed by atoms with van der Waals surface area (Å²) in [6.07, 6.45) is 2.70. The predicted octanol–water partition coefficient (Wildman–Crippen LogP) is 1.26. The molecule has 1 aromatic carbocycles. The van der Waals surface area contributed by atoms with Gasteiger partial charge in [-0.3, -0.25) is 4.79 Å². The average molecular weight is 407 g/mol. The smallest absolute Gasteiger partial charge is 0.279 e. The van der Waals surface area contributed by atoms with Gasteiger partial charge in [-0.2, -0.15) is 0 Å². The molecule has 2 aromatic rings. The fraction of sp³-hybridized carbons (Fsp3) is 0.450. The van der Waals surface area contributed by atoms with Crippen molar-refractivity contribution in [2.75, 3.05) is 25.0 Å². The van der Waals surface area contributed by atoms with Gasteiger partial charge in [-0.25, -0.2) is 13.1 Å². The van der Waals surface area contributed by atoms with Gasteiger partial charge in [0, 0.05) is 17.5 Å². The van der Waals surface area contributed by atoms with Crippen LogP contribution in [0, 0.1) is 11.8 Å². The number of benzene rings is 1. The first-order chi connectivity index (χ1) is 13.3. The van der Waals surface area contributed by atoms with Crippen LogP contribution in [-0.4, -0.2) is 34.0 Å². The third kappa shape index (κ3) is 5.67.